The fraction of sp³-hybridized carbons (Fsp3) is 0.481. The number of alkyl halides is 1. The van der Waals surface area contributed by atoms with Crippen LogP contribution in [0.15, 0.2) is 30.7 Å². The Labute approximate surface area is 235 Å². The van der Waals surface area contributed by atoms with Gasteiger partial charge in [-0.25, -0.2) is 19.2 Å². The van der Waals surface area contributed by atoms with E-state index in [1.165, 1.54) is 24.2 Å². The summed E-state index contributed by atoms with van der Waals surface area (Å²) >= 11 is 0. The third-order valence-electron chi connectivity index (χ3n) is 6.22. The lowest BCUT2D eigenvalue weighted by Gasteiger charge is -2.19. The first-order valence-corrected chi connectivity index (χ1v) is 13.2. The molecule has 1 fully saturated rings. The smallest absolute Gasteiger partial charge is 0.331 e. The van der Waals surface area contributed by atoms with E-state index in [4.69, 9.17) is 19.5 Å². The molecule has 1 saturated carbocycles. The molecule has 1 amide bonds. The van der Waals surface area contributed by atoms with Gasteiger partial charge < -0.3 is 29.6 Å². The Morgan fingerprint density at radius 2 is 1.93 bits per heavy atom. The molecule has 3 heterocycles. The molecule has 2 atom stereocenters. The Morgan fingerprint density at radius 1 is 1.15 bits per heavy atom. The third kappa shape index (κ3) is 8.40. The van der Waals surface area contributed by atoms with Gasteiger partial charge in [-0.3, -0.25) is 4.79 Å². The van der Waals surface area contributed by atoms with Crippen LogP contribution in [0.1, 0.15) is 35.7 Å². The first-order valence-electron chi connectivity index (χ1n) is 13.2. The summed E-state index contributed by atoms with van der Waals surface area (Å²) < 4.78 is 36.6. The molecule has 14 heteroatoms. The Hall–Kier alpha value is -4.19. The molecule has 13 nitrogen and oxygen atoms in total. The number of aromatic nitrogens is 4. The number of anilines is 1. The maximum Gasteiger partial charge on any atom is 0.331 e. The van der Waals surface area contributed by atoms with Gasteiger partial charge in [0, 0.05) is 29.9 Å². The molecule has 1 aliphatic rings. The van der Waals surface area contributed by atoms with Gasteiger partial charge in [-0.2, -0.15) is 15.0 Å². The average molecular weight is 570 g/mol. The molecule has 0 aromatic carbocycles. The molecule has 2 N–H and O–H groups in total. The standard InChI is InChI=1S/C27H32FN7O6/c1-17(41-8-7-39-5-6-40-16-25(36)38-2)22(28)15-32-27(37)21-14-30-24(10-23(21)34-20-3-4-20)35-26-19(13-33-35)9-18(11-29)12-31-26/h9-10,12-14,17,20,22H,3-8,15-16H2,1-2H3,(H,30,34)(H,32,37). The number of nitrogens with zero attached hydrogens (tertiary/aromatic N) is 5. The average Bonchev–Trinajstić information content (AvgIpc) is 3.71. The number of fused-ring (bicyclic) bond motifs is 1. The van der Waals surface area contributed by atoms with Crippen molar-refractivity contribution < 1.29 is 32.9 Å². The second-order valence-corrected chi connectivity index (χ2v) is 9.35. The largest absolute Gasteiger partial charge is 0.467 e. The summed E-state index contributed by atoms with van der Waals surface area (Å²) in [5.41, 5.74) is 1.78. The lowest BCUT2D eigenvalue weighted by molar-refractivity contribution is -0.146. The number of nitriles is 1. The van der Waals surface area contributed by atoms with Gasteiger partial charge in [-0.05, 0) is 25.8 Å². The summed E-state index contributed by atoms with van der Waals surface area (Å²) in [5.74, 6) is -0.497. The van der Waals surface area contributed by atoms with Crippen LogP contribution in [0.3, 0.4) is 0 Å². The molecular weight excluding hydrogens is 537 g/mol. The minimum absolute atomic E-state index is 0.148. The minimum atomic E-state index is -1.45. The van der Waals surface area contributed by atoms with E-state index in [0.29, 0.717) is 28.1 Å². The predicted molar refractivity (Wildman–Crippen MR) is 144 cm³/mol. The Morgan fingerprint density at radius 3 is 2.68 bits per heavy atom. The van der Waals surface area contributed by atoms with Gasteiger partial charge in [-0.1, -0.05) is 0 Å². The van der Waals surface area contributed by atoms with E-state index in [1.54, 1.807) is 25.3 Å². The molecule has 3 aromatic rings. The molecular formula is C27H32FN7O6. The monoisotopic (exact) mass is 569 g/mol. The third-order valence-corrected chi connectivity index (χ3v) is 6.22. The van der Waals surface area contributed by atoms with Gasteiger partial charge in [-0.15, -0.1) is 0 Å². The van der Waals surface area contributed by atoms with E-state index in [1.807, 2.05) is 0 Å². The van der Waals surface area contributed by atoms with Gasteiger partial charge in [0.1, 0.15) is 18.8 Å². The van der Waals surface area contributed by atoms with Crippen molar-refractivity contribution in [1.82, 2.24) is 25.1 Å². The van der Waals surface area contributed by atoms with Gasteiger partial charge in [0.2, 0.25) is 0 Å². The van der Waals surface area contributed by atoms with E-state index >= 15 is 0 Å². The molecule has 2 unspecified atom stereocenters. The zero-order valence-corrected chi connectivity index (χ0v) is 22.8. The van der Waals surface area contributed by atoms with Crippen LogP contribution >= 0.6 is 0 Å². The lowest BCUT2D eigenvalue weighted by Crippen LogP contribution is -2.37. The van der Waals surface area contributed by atoms with E-state index in [-0.39, 0.29) is 51.2 Å². The number of carbonyl (C=O) groups excluding carboxylic acids is 2. The normalized spacial score (nSPS) is 14.3. The number of carbonyl (C=O) groups is 2. The molecule has 41 heavy (non-hydrogen) atoms. The summed E-state index contributed by atoms with van der Waals surface area (Å²) in [4.78, 5) is 32.7. The number of methoxy groups -OCH3 is 1. The maximum absolute atomic E-state index is 14.7. The fourth-order valence-electron chi connectivity index (χ4n) is 3.74. The summed E-state index contributed by atoms with van der Waals surface area (Å²) in [5, 5.41) is 20.1. The van der Waals surface area contributed by atoms with Crippen LogP contribution < -0.4 is 10.6 Å². The number of nitrogens with one attached hydrogen (secondary N) is 2. The van der Waals surface area contributed by atoms with Crippen LogP contribution in [0.4, 0.5) is 10.1 Å². The van der Waals surface area contributed by atoms with Gasteiger partial charge in [0.15, 0.2) is 11.5 Å². The van der Waals surface area contributed by atoms with Crippen molar-refractivity contribution in [2.24, 2.45) is 0 Å². The number of amides is 1. The number of halogens is 1. The number of rotatable bonds is 16. The second kappa shape index (κ2) is 14.4. The highest BCUT2D eigenvalue weighted by atomic mass is 19.1. The number of esters is 1. The predicted octanol–water partition coefficient (Wildman–Crippen LogP) is 1.94. The Balaban J connectivity index is 1.28. The van der Waals surface area contributed by atoms with Crippen molar-refractivity contribution in [1.29, 1.82) is 5.26 Å². The topological polar surface area (TPSA) is 163 Å². The van der Waals surface area contributed by atoms with Crippen LogP contribution in [0, 0.1) is 11.3 Å². The summed E-state index contributed by atoms with van der Waals surface area (Å²) in [7, 11) is 1.28. The molecule has 0 aliphatic heterocycles. The molecule has 0 spiro atoms. The molecule has 218 valence electrons. The first kappa shape index (κ1) is 29.8. The molecule has 4 rings (SSSR count). The number of hydrogen-bond donors (Lipinski definition) is 2. The van der Waals surface area contributed by atoms with Crippen LogP contribution in [0.25, 0.3) is 16.9 Å². The Bertz CT molecular complexity index is 1390. The molecule has 1 aliphatic carbocycles. The number of pyridine rings is 2. The first-order chi connectivity index (χ1) is 19.9. The van der Waals surface area contributed by atoms with Crippen molar-refractivity contribution in [3.63, 3.8) is 0 Å². The van der Waals surface area contributed by atoms with Crippen LogP contribution in [0.2, 0.25) is 0 Å². The van der Waals surface area contributed by atoms with Crippen LogP contribution in [0.5, 0.6) is 0 Å². The molecule has 3 aromatic heterocycles. The van der Waals surface area contributed by atoms with Gasteiger partial charge >= 0.3 is 5.97 Å². The molecule has 0 bridgehead atoms. The zero-order valence-electron chi connectivity index (χ0n) is 22.8. The highest BCUT2D eigenvalue weighted by molar-refractivity contribution is 5.99. The summed E-state index contributed by atoms with van der Waals surface area (Å²) in [6.45, 7) is 2.03. The number of hydrogen-bond acceptors (Lipinski definition) is 11. The van der Waals surface area contributed by atoms with Crippen LogP contribution in [-0.4, -0.2) is 96.6 Å². The van der Waals surface area contributed by atoms with Crippen LogP contribution in [-0.2, 0) is 23.7 Å². The second-order valence-electron chi connectivity index (χ2n) is 9.35. The minimum Gasteiger partial charge on any atom is -0.467 e. The van der Waals surface area contributed by atoms with E-state index in [9.17, 15) is 14.0 Å². The summed E-state index contributed by atoms with van der Waals surface area (Å²) in [6, 6.07) is 5.69. The number of ether oxygens (including phenoxy) is 4. The summed E-state index contributed by atoms with van der Waals surface area (Å²) in [6.07, 6.45) is 4.21. The lowest BCUT2D eigenvalue weighted by atomic mass is 10.2. The zero-order chi connectivity index (χ0) is 29.2. The maximum atomic E-state index is 14.7. The molecule has 0 saturated heterocycles. The van der Waals surface area contributed by atoms with E-state index in [2.05, 4.69) is 36.5 Å². The highest BCUT2D eigenvalue weighted by Crippen LogP contribution is 2.28. The van der Waals surface area contributed by atoms with Crippen molar-refractivity contribution in [2.45, 2.75) is 38.1 Å². The van der Waals surface area contributed by atoms with Crippen molar-refractivity contribution in [3.05, 3.63) is 41.9 Å². The van der Waals surface area contributed by atoms with Crippen molar-refractivity contribution >= 4 is 28.6 Å². The van der Waals surface area contributed by atoms with Gasteiger partial charge in [0.25, 0.3) is 5.91 Å². The van der Waals surface area contributed by atoms with E-state index < -0.39 is 24.2 Å². The van der Waals surface area contributed by atoms with Crippen molar-refractivity contribution in [2.75, 3.05) is 52.0 Å². The van der Waals surface area contributed by atoms with E-state index in [0.717, 1.165) is 12.8 Å². The Kier molecular flexibility index (Phi) is 10.5. The SMILES string of the molecule is COC(=O)COCCOCCOC(C)C(F)CNC(=O)c1cnc(-n2ncc3cc(C#N)cnc32)cc1NC1CC1. The quantitative estimate of drug-likeness (QED) is 0.191. The fourth-order valence-corrected chi connectivity index (χ4v) is 3.74. The van der Waals surface area contributed by atoms with Crippen molar-refractivity contribution in [3.8, 4) is 11.9 Å². The van der Waals surface area contributed by atoms with Gasteiger partial charge in [0.05, 0.1) is 69.2 Å². The molecule has 0 radical (unpaired) electrons. The highest BCUT2D eigenvalue weighted by Gasteiger charge is 2.25.